The van der Waals surface area contributed by atoms with Gasteiger partial charge in [-0.05, 0) is 55.0 Å². The van der Waals surface area contributed by atoms with Crippen molar-refractivity contribution < 1.29 is 10.2 Å². The third-order valence-corrected chi connectivity index (χ3v) is 4.86. The number of phenolic OH excluding ortho intramolecular Hbond substituents is 2. The summed E-state index contributed by atoms with van der Waals surface area (Å²) in [7, 11) is 0. The van der Waals surface area contributed by atoms with Gasteiger partial charge < -0.3 is 10.2 Å². The van der Waals surface area contributed by atoms with E-state index in [2.05, 4.69) is 15.0 Å². The number of hydrogen-bond donors (Lipinski definition) is 2. The second-order valence-electron chi connectivity index (χ2n) is 6.79. The highest BCUT2D eigenvalue weighted by Crippen LogP contribution is 2.21. The minimum absolute atomic E-state index is 0.0788. The van der Waals surface area contributed by atoms with Crippen LogP contribution in [0.1, 0.15) is 16.8 Å². The molecule has 0 radical (unpaired) electrons. The van der Waals surface area contributed by atoms with Crippen molar-refractivity contribution in [1.82, 2.24) is 4.98 Å². The molecule has 0 aliphatic rings. The Morgan fingerprint density at radius 3 is 1.90 bits per heavy atom. The standard InChI is InChI=1S/C23H21Cl2N3O2/c24-19-4-6-22(29)17(10-19)14-26-12-16(9-21-3-1-2-8-28-21)13-27-15-18-11-20(25)5-7-23(18)30/h1-8,10-11,14-16,29-30H,9,12-13H2. The summed E-state index contributed by atoms with van der Waals surface area (Å²) in [4.78, 5) is 13.3. The predicted octanol–water partition coefficient (Wildman–Crippen LogP) is 5.20. The van der Waals surface area contributed by atoms with Gasteiger partial charge in [-0.2, -0.15) is 0 Å². The summed E-state index contributed by atoms with van der Waals surface area (Å²) in [6, 6.07) is 15.4. The topological polar surface area (TPSA) is 78.1 Å². The number of aromatic nitrogens is 1. The van der Waals surface area contributed by atoms with E-state index < -0.39 is 0 Å². The highest BCUT2D eigenvalue weighted by atomic mass is 35.5. The molecule has 0 saturated heterocycles. The minimum Gasteiger partial charge on any atom is -0.507 e. The summed E-state index contributed by atoms with van der Waals surface area (Å²) in [6.07, 6.45) is 5.67. The van der Waals surface area contributed by atoms with E-state index >= 15 is 0 Å². The molecule has 2 aromatic carbocycles. The quantitative estimate of drug-likeness (QED) is 0.471. The fraction of sp³-hybridized carbons (Fsp3) is 0.174. The van der Waals surface area contributed by atoms with Crippen LogP contribution >= 0.6 is 23.2 Å². The molecule has 2 N–H and O–H groups in total. The molecule has 0 atom stereocenters. The second kappa shape index (κ2) is 10.8. The van der Waals surface area contributed by atoms with Crippen LogP contribution in [-0.2, 0) is 6.42 Å². The molecule has 0 aliphatic heterocycles. The van der Waals surface area contributed by atoms with Crippen LogP contribution in [0.5, 0.6) is 11.5 Å². The van der Waals surface area contributed by atoms with Gasteiger partial charge >= 0.3 is 0 Å². The average molecular weight is 442 g/mol. The molecular weight excluding hydrogens is 421 g/mol. The monoisotopic (exact) mass is 441 g/mol. The maximum Gasteiger partial charge on any atom is 0.124 e. The lowest BCUT2D eigenvalue weighted by Crippen LogP contribution is -2.14. The van der Waals surface area contributed by atoms with Gasteiger partial charge in [-0.3, -0.25) is 15.0 Å². The lowest BCUT2D eigenvalue weighted by Gasteiger charge is -2.12. The first kappa shape index (κ1) is 21.8. The molecule has 30 heavy (non-hydrogen) atoms. The Morgan fingerprint density at radius 2 is 1.40 bits per heavy atom. The van der Waals surface area contributed by atoms with E-state index in [1.165, 1.54) is 12.1 Å². The zero-order valence-electron chi connectivity index (χ0n) is 16.1. The Balaban J connectivity index is 1.71. The molecule has 0 saturated carbocycles. The van der Waals surface area contributed by atoms with Crippen molar-refractivity contribution in [3.8, 4) is 11.5 Å². The van der Waals surface area contributed by atoms with Gasteiger partial charge in [0.25, 0.3) is 0 Å². The van der Waals surface area contributed by atoms with Crippen molar-refractivity contribution in [3.05, 3.63) is 87.7 Å². The molecule has 0 spiro atoms. The Labute approximate surface area is 185 Å². The SMILES string of the molecule is Oc1ccc(Cl)cc1C=NCC(CN=Cc1cc(Cl)ccc1O)Cc1ccccn1. The summed E-state index contributed by atoms with van der Waals surface area (Å²) < 4.78 is 0. The molecule has 0 unspecified atom stereocenters. The molecule has 0 aliphatic carbocycles. The van der Waals surface area contributed by atoms with Crippen LogP contribution < -0.4 is 0 Å². The molecule has 3 aromatic rings. The Bertz CT molecular complexity index is 976. The number of aromatic hydroxyl groups is 2. The average Bonchev–Trinajstić information content (AvgIpc) is 2.73. The van der Waals surface area contributed by atoms with Crippen LogP contribution in [0.3, 0.4) is 0 Å². The fourth-order valence-corrected chi connectivity index (χ4v) is 3.22. The highest BCUT2D eigenvalue weighted by molar-refractivity contribution is 6.31. The predicted molar refractivity (Wildman–Crippen MR) is 123 cm³/mol. The summed E-state index contributed by atoms with van der Waals surface area (Å²) in [5.74, 6) is 0.327. The second-order valence-corrected chi connectivity index (χ2v) is 7.66. The van der Waals surface area contributed by atoms with Crippen molar-refractivity contribution in [3.63, 3.8) is 0 Å². The number of benzene rings is 2. The molecule has 154 valence electrons. The lowest BCUT2D eigenvalue weighted by atomic mass is 10.0. The minimum atomic E-state index is 0.0788. The smallest absolute Gasteiger partial charge is 0.124 e. The van der Waals surface area contributed by atoms with Crippen molar-refractivity contribution in [2.24, 2.45) is 15.9 Å². The van der Waals surface area contributed by atoms with Crippen LogP contribution in [0.2, 0.25) is 10.0 Å². The van der Waals surface area contributed by atoms with Crippen molar-refractivity contribution >= 4 is 35.6 Å². The summed E-state index contributed by atoms with van der Waals surface area (Å²) in [5.41, 5.74) is 2.07. The van der Waals surface area contributed by atoms with Crippen molar-refractivity contribution in [2.75, 3.05) is 13.1 Å². The summed E-state index contributed by atoms with van der Waals surface area (Å²) in [5, 5.41) is 20.9. The van der Waals surface area contributed by atoms with Gasteiger partial charge in [0, 0.05) is 64.5 Å². The lowest BCUT2D eigenvalue weighted by molar-refractivity contribution is 0.474. The van der Waals surface area contributed by atoms with E-state index in [1.54, 1.807) is 42.9 Å². The van der Waals surface area contributed by atoms with Gasteiger partial charge in [-0.25, -0.2) is 0 Å². The Kier molecular flexibility index (Phi) is 7.82. The zero-order valence-corrected chi connectivity index (χ0v) is 17.6. The molecule has 1 heterocycles. The molecule has 1 aromatic heterocycles. The van der Waals surface area contributed by atoms with Crippen LogP contribution in [0.15, 0.2) is 70.8 Å². The molecule has 0 amide bonds. The molecule has 7 heteroatoms. The summed E-state index contributed by atoms with van der Waals surface area (Å²) >= 11 is 12.0. The van der Waals surface area contributed by atoms with Gasteiger partial charge in [0.2, 0.25) is 0 Å². The number of halogens is 2. The fourth-order valence-electron chi connectivity index (χ4n) is 2.86. The normalized spacial score (nSPS) is 12.6. The molecule has 0 fully saturated rings. The van der Waals surface area contributed by atoms with Crippen LogP contribution in [-0.4, -0.2) is 40.7 Å². The van der Waals surface area contributed by atoms with Crippen LogP contribution in [0.25, 0.3) is 0 Å². The number of aliphatic imine (C=N–C) groups is 2. The number of nitrogens with zero attached hydrogens (tertiary/aromatic N) is 3. The summed E-state index contributed by atoms with van der Waals surface area (Å²) in [6.45, 7) is 0.975. The van der Waals surface area contributed by atoms with Gasteiger partial charge in [0.15, 0.2) is 0 Å². The number of pyridine rings is 1. The van der Waals surface area contributed by atoms with Gasteiger partial charge in [-0.15, -0.1) is 0 Å². The number of hydrogen-bond acceptors (Lipinski definition) is 5. The van der Waals surface area contributed by atoms with Crippen molar-refractivity contribution in [1.29, 1.82) is 0 Å². The molecule has 3 rings (SSSR count). The molecule has 5 nitrogen and oxygen atoms in total. The first-order valence-electron chi connectivity index (χ1n) is 9.38. The highest BCUT2D eigenvalue weighted by Gasteiger charge is 2.10. The maximum absolute atomic E-state index is 9.93. The molecular formula is C23H21Cl2N3O2. The number of rotatable bonds is 8. The van der Waals surface area contributed by atoms with Gasteiger partial charge in [0.1, 0.15) is 11.5 Å². The van der Waals surface area contributed by atoms with E-state index in [0.717, 1.165) is 5.69 Å². The third kappa shape index (κ3) is 6.58. The largest absolute Gasteiger partial charge is 0.507 e. The van der Waals surface area contributed by atoms with Gasteiger partial charge in [-0.1, -0.05) is 29.3 Å². The van der Waals surface area contributed by atoms with Crippen LogP contribution in [0.4, 0.5) is 0 Å². The Morgan fingerprint density at radius 1 is 0.833 bits per heavy atom. The van der Waals surface area contributed by atoms with E-state index in [0.29, 0.717) is 40.7 Å². The third-order valence-electron chi connectivity index (χ3n) is 4.39. The van der Waals surface area contributed by atoms with E-state index in [9.17, 15) is 10.2 Å². The van der Waals surface area contributed by atoms with Gasteiger partial charge in [0.05, 0.1) is 0 Å². The zero-order chi connectivity index (χ0) is 21.3. The first-order valence-corrected chi connectivity index (χ1v) is 10.1. The molecule has 0 bridgehead atoms. The van der Waals surface area contributed by atoms with E-state index in [4.69, 9.17) is 23.2 Å². The van der Waals surface area contributed by atoms with E-state index in [1.807, 2.05) is 18.2 Å². The van der Waals surface area contributed by atoms with Crippen molar-refractivity contribution in [2.45, 2.75) is 6.42 Å². The Hall–Kier alpha value is -2.89. The maximum atomic E-state index is 9.93. The van der Waals surface area contributed by atoms with E-state index in [-0.39, 0.29) is 17.4 Å². The number of phenols is 2. The first-order chi connectivity index (χ1) is 14.5. The van der Waals surface area contributed by atoms with Crippen LogP contribution in [0, 0.1) is 5.92 Å².